The van der Waals surface area contributed by atoms with Crippen molar-refractivity contribution in [1.29, 1.82) is 0 Å². The molecule has 0 aliphatic carbocycles. The van der Waals surface area contributed by atoms with Crippen LogP contribution in [0, 0.1) is 6.92 Å². The summed E-state index contributed by atoms with van der Waals surface area (Å²) in [5.41, 5.74) is 2.44. The first-order valence-electron chi connectivity index (χ1n) is 6.05. The predicted octanol–water partition coefficient (Wildman–Crippen LogP) is 4.55. The first-order valence-corrected chi connectivity index (χ1v) is 6.42. The van der Waals surface area contributed by atoms with Gasteiger partial charge in [0.1, 0.15) is 5.75 Å². The van der Waals surface area contributed by atoms with Crippen molar-refractivity contribution in [3.63, 3.8) is 0 Å². The van der Waals surface area contributed by atoms with Gasteiger partial charge in [-0.3, -0.25) is 0 Å². The minimum absolute atomic E-state index is 0.248. The van der Waals surface area contributed by atoms with Crippen molar-refractivity contribution in [3.8, 4) is 5.75 Å². The number of pyridine rings is 1. The lowest BCUT2D eigenvalue weighted by atomic mass is 10.2. The molecule has 0 bridgehead atoms. The standard InChI is InChI=1S/C14H12ClF3N2O/c1-9-6-7-19-13(15)12(9)20-8-10-2-4-11(5-3-10)21-14(16,17)18/h2-7,20H,8H2,1H3. The van der Waals surface area contributed by atoms with Gasteiger partial charge < -0.3 is 10.1 Å². The van der Waals surface area contributed by atoms with Crippen LogP contribution in [0.1, 0.15) is 11.1 Å². The number of ether oxygens (including phenoxy) is 1. The van der Waals surface area contributed by atoms with Crippen molar-refractivity contribution in [2.45, 2.75) is 19.8 Å². The van der Waals surface area contributed by atoms with Gasteiger partial charge in [-0.2, -0.15) is 0 Å². The van der Waals surface area contributed by atoms with Crippen LogP contribution in [-0.4, -0.2) is 11.3 Å². The van der Waals surface area contributed by atoms with Crippen LogP contribution in [0.5, 0.6) is 5.75 Å². The summed E-state index contributed by atoms with van der Waals surface area (Å²) >= 11 is 5.97. The fraction of sp³-hybridized carbons (Fsp3) is 0.214. The topological polar surface area (TPSA) is 34.2 Å². The van der Waals surface area contributed by atoms with Gasteiger partial charge in [0.05, 0.1) is 5.69 Å². The van der Waals surface area contributed by atoms with Gasteiger partial charge in [0.25, 0.3) is 0 Å². The Morgan fingerprint density at radius 3 is 2.43 bits per heavy atom. The average molecular weight is 317 g/mol. The monoisotopic (exact) mass is 316 g/mol. The number of hydrogen-bond acceptors (Lipinski definition) is 3. The largest absolute Gasteiger partial charge is 0.573 e. The molecule has 1 N–H and O–H groups in total. The fourth-order valence-electron chi connectivity index (χ4n) is 1.74. The van der Waals surface area contributed by atoms with E-state index >= 15 is 0 Å². The molecule has 7 heteroatoms. The number of halogens is 4. The zero-order chi connectivity index (χ0) is 15.5. The molecule has 112 valence electrons. The molecule has 3 nitrogen and oxygen atoms in total. The average Bonchev–Trinajstić information content (AvgIpc) is 2.38. The Hall–Kier alpha value is -1.95. The fourth-order valence-corrected chi connectivity index (χ4v) is 2.01. The Labute approximate surface area is 124 Å². The molecule has 0 spiro atoms. The highest BCUT2D eigenvalue weighted by Crippen LogP contribution is 2.25. The van der Waals surface area contributed by atoms with Crippen molar-refractivity contribution >= 4 is 17.3 Å². The molecular weight excluding hydrogens is 305 g/mol. The zero-order valence-electron chi connectivity index (χ0n) is 11.0. The van der Waals surface area contributed by atoms with Gasteiger partial charge >= 0.3 is 6.36 Å². The minimum Gasteiger partial charge on any atom is -0.406 e. The van der Waals surface area contributed by atoms with Crippen LogP contribution < -0.4 is 10.1 Å². The molecule has 1 aromatic carbocycles. The van der Waals surface area contributed by atoms with Crippen LogP contribution in [0.2, 0.25) is 5.15 Å². The van der Waals surface area contributed by atoms with E-state index in [9.17, 15) is 13.2 Å². The number of alkyl halides is 3. The second-order valence-electron chi connectivity index (χ2n) is 4.34. The maximum atomic E-state index is 12.0. The van der Waals surface area contributed by atoms with Crippen molar-refractivity contribution < 1.29 is 17.9 Å². The van der Waals surface area contributed by atoms with E-state index in [4.69, 9.17) is 11.6 Å². The van der Waals surface area contributed by atoms with E-state index in [0.717, 1.165) is 11.1 Å². The molecular formula is C14H12ClF3N2O. The third kappa shape index (κ3) is 4.53. The summed E-state index contributed by atoms with van der Waals surface area (Å²) in [4.78, 5) is 3.96. The molecule has 0 aliphatic rings. The molecule has 21 heavy (non-hydrogen) atoms. The number of nitrogens with zero attached hydrogens (tertiary/aromatic N) is 1. The Bertz CT molecular complexity index is 594. The Balaban J connectivity index is 2.01. The minimum atomic E-state index is -4.68. The van der Waals surface area contributed by atoms with Gasteiger partial charge in [-0.05, 0) is 36.2 Å². The summed E-state index contributed by atoms with van der Waals surface area (Å²) in [5, 5.41) is 3.46. The predicted molar refractivity (Wildman–Crippen MR) is 74.4 cm³/mol. The van der Waals surface area contributed by atoms with E-state index < -0.39 is 6.36 Å². The summed E-state index contributed by atoms with van der Waals surface area (Å²) in [6, 6.07) is 7.44. The number of aryl methyl sites for hydroxylation is 1. The molecule has 0 atom stereocenters. The Kier molecular flexibility index (Phi) is 4.57. The van der Waals surface area contributed by atoms with Crippen molar-refractivity contribution in [1.82, 2.24) is 4.98 Å². The summed E-state index contributed by atoms with van der Waals surface area (Å²) in [5.74, 6) is -0.248. The molecule has 2 rings (SSSR count). The number of benzene rings is 1. The van der Waals surface area contributed by atoms with Crippen LogP contribution in [0.4, 0.5) is 18.9 Å². The summed E-state index contributed by atoms with van der Waals surface area (Å²) < 4.78 is 39.9. The SMILES string of the molecule is Cc1ccnc(Cl)c1NCc1ccc(OC(F)(F)F)cc1. The van der Waals surface area contributed by atoms with Crippen LogP contribution in [-0.2, 0) is 6.54 Å². The first kappa shape index (κ1) is 15.4. The van der Waals surface area contributed by atoms with Gasteiger partial charge in [-0.15, -0.1) is 13.2 Å². The summed E-state index contributed by atoms with van der Waals surface area (Å²) in [6.07, 6.45) is -3.08. The van der Waals surface area contributed by atoms with Gasteiger partial charge in [-0.25, -0.2) is 4.98 Å². The highest BCUT2D eigenvalue weighted by molar-refractivity contribution is 6.32. The molecule has 0 fully saturated rings. The normalized spacial score (nSPS) is 11.3. The van der Waals surface area contributed by atoms with Crippen LogP contribution >= 0.6 is 11.6 Å². The van der Waals surface area contributed by atoms with Crippen molar-refractivity contribution in [2.24, 2.45) is 0 Å². The third-order valence-corrected chi connectivity index (χ3v) is 3.03. The van der Waals surface area contributed by atoms with E-state index in [1.54, 1.807) is 18.3 Å². The van der Waals surface area contributed by atoms with E-state index in [1.807, 2.05) is 13.0 Å². The second kappa shape index (κ2) is 6.22. The van der Waals surface area contributed by atoms with Crippen molar-refractivity contribution in [2.75, 3.05) is 5.32 Å². The third-order valence-electron chi connectivity index (χ3n) is 2.74. The van der Waals surface area contributed by atoms with Gasteiger partial charge in [0.15, 0.2) is 5.15 Å². The molecule has 2 aromatic rings. The lowest BCUT2D eigenvalue weighted by Gasteiger charge is -2.12. The van der Waals surface area contributed by atoms with Gasteiger partial charge in [-0.1, -0.05) is 23.7 Å². The Morgan fingerprint density at radius 2 is 1.86 bits per heavy atom. The number of anilines is 1. The number of nitrogens with one attached hydrogen (secondary N) is 1. The number of aromatic nitrogens is 1. The van der Waals surface area contributed by atoms with Crippen LogP contribution in [0.25, 0.3) is 0 Å². The lowest BCUT2D eigenvalue weighted by molar-refractivity contribution is -0.274. The van der Waals surface area contributed by atoms with E-state index in [1.165, 1.54) is 12.1 Å². The molecule has 0 radical (unpaired) electrons. The maximum Gasteiger partial charge on any atom is 0.573 e. The maximum absolute atomic E-state index is 12.0. The highest BCUT2D eigenvalue weighted by Gasteiger charge is 2.30. The molecule has 1 heterocycles. The molecule has 1 aromatic heterocycles. The summed E-state index contributed by atoms with van der Waals surface area (Å²) in [7, 11) is 0. The summed E-state index contributed by atoms with van der Waals surface area (Å²) in [6.45, 7) is 2.30. The molecule has 0 aliphatic heterocycles. The Morgan fingerprint density at radius 1 is 1.19 bits per heavy atom. The van der Waals surface area contributed by atoms with E-state index in [2.05, 4.69) is 15.0 Å². The van der Waals surface area contributed by atoms with E-state index in [-0.39, 0.29) is 5.75 Å². The van der Waals surface area contributed by atoms with E-state index in [0.29, 0.717) is 17.4 Å². The highest BCUT2D eigenvalue weighted by atomic mass is 35.5. The molecule has 0 unspecified atom stereocenters. The second-order valence-corrected chi connectivity index (χ2v) is 4.70. The van der Waals surface area contributed by atoms with Gasteiger partial charge in [0, 0.05) is 12.7 Å². The zero-order valence-corrected chi connectivity index (χ0v) is 11.8. The number of rotatable bonds is 4. The smallest absolute Gasteiger partial charge is 0.406 e. The lowest BCUT2D eigenvalue weighted by Crippen LogP contribution is -2.17. The molecule has 0 amide bonds. The van der Waals surface area contributed by atoms with Crippen LogP contribution in [0.15, 0.2) is 36.5 Å². The molecule has 0 saturated carbocycles. The molecule has 0 saturated heterocycles. The first-order chi connectivity index (χ1) is 9.85. The quantitative estimate of drug-likeness (QED) is 0.840. The number of hydrogen-bond donors (Lipinski definition) is 1. The van der Waals surface area contributed by atoms with Crippen molar-refractivity contribution in [3.05, 3.63) is 52.8 Å². The van der Waals surface area contributed by atoms with Gasteiger partial charge in [0.2, 0.25) is 0 Å². The van der Waals surface area contributed by atoms with Crippen LogP contribution in [0.3, 0.4) is 0 Å².